The van der Waals surface area contributed by atoms with Crippen molar-refractivity contribution in [3.8, 4) is 0 Å². The largest absolute Gasteiger partial charge is 0.523 e. The molecule has 5 atom stereocenters. The van der Waals surface area contributed by atoms with Crippen LogP contribution in [0.25, 0.3) is 0 Å². The number of alkyl halides is 3. The fraction of sp³-hybridized carbons (Fsp3) is 1.00. The molecule has 0 N–H and O–H groups in total. The van der Waals surface area contributed by atoms with Gasteiger partial charge >= 0.3 is 15.6 Å². The number of halogens is 3. The van der Waals surface area contributed by atoms with Gasteiger partial charge in [-0.1, -0.05) is 0 Å². The van der Waals surface area contributed by atoms with Gasteiger partial charge in [-0.15, -0.1) is 0 Å². The zero-order chi connectivity index (χ0) is 18.8. The maximum Gasteiger partial charge on any atom is 0.523 e. The summed E-state index contributed by atoms with van der Waals surface area (Å²) in [7, 11) is -5.86. The minimum atomic E-state index is -5.86. The van der Waals surface area contributed by atoms with Crippen molar-refractivity contribution in [2.75, 3.05) is 6.61 Å². The second kappa shape index (κ2) is 5.75. The molecule has 3 aliphatic heterocycles. The standard InChI is InChI=1S/C13H19F3O8S/c1-11(2)19-5-6(21-11)7-8(24-25(17,18)13(14,15)16)9-10(20-7)23-12(3,4)22-9/h6-10H,5H2,1-4H3. The average molecular weight is 392 g/mol. The molecule has 8 nitrogen and oxygen atoms in total. The SMILES string of the molecule is CC1(C)OCC(C2OC3OC(C)(C)OC3C2OS(=O)(=O)C(F)(F)F)O1. The van der Waals surface area contributed by atoms with E-state index in [-0.39, 0.29) is 6.61 Å². The van der Waals surface area contributed by atoms with Crippen LogP contribution in [0.4, 0.5) is 13.2 Å². The van der Waals surface area contributed by atoms with Crippen molar-refractivity contribution in [3.63, 3.8) is 0 Å². The molecule has 0 aliphatic carbocycles. The van der Waals surface area contributed by atoms with Crippen LogP contribution in [-0.2, 0) is 38.0 Å². The van der Waals surface area contributed by atoms with E-state index in [1.165, 1.54) is 13.8 Å². The summed E-state index contributed by atoms with van der Waals surface area (Å²) in [5, 5.41) is 0. The zero-order valence-electron chi connectivity index (χ0n) is 13.9. The quantitative estimate of drug-likeness (QED) is 0.524. The molecule has 5 unspecified atom stereocenters. The van der Waals surface area contributed by atoms with Crippen LogP contribution in [0.3, 0.4) is 0 Å². The van der Waals surface area contributed by atoms with Gasteiger partial charge in [0.15, 0.2) is 17.9 Å². The average Bonchev–Trinajstić information content (AvgIpc) is 2.99. The predicted octanol–water partition coefficient (Wildman–Crippen LogP) is 1.25. The summed E-state index contributed by atoms with van der Waals surface area (Å²) >= 11 is 0. The van der Waals surface area contributed by atoms with Crippen molar-refractivity contribution in [3.05, 3.63) is 0 Å². The molecular weight excluding hydrogens is 373 g/mol. The van der Waals surface area contributed by atoms with E-state index < -0.39 is 57.9 Å². The zero-order valence-corrected chi connectivity index (χ0v) is 14.7. The molecule has 3 aliphatic rings. The van der Waals surface area contributed by atoms with Gasteiger partial charge < -0.3 is 23.7 Å². The molecule has 25 heavy (non-hydrogen) atoms. The lowest BCUT2D eigenvalue weighted by atomic mass is 10.1. The number of hydrogen-bond donors (Lipinski definition) is 0. The molecular formula is C13H19F3O8S. The molecule has 0 aromatic rings. The molecule has 0 saturated carbocycles. The first-order chi connectivity index (χ1) is 11.2. The molecule has 3 saturated heterocycles. The van der Waals surface area contributed by atoms with E-state index in [0.29, 0.717) is 0 Å². The molecule has 0 radical (unpaired) electrons. The fourth-order valence-corrected chi connectivity index (χ4v) is 3.61. The second-order valence-corrected chi connectivity index (χ2v) is 8.46. The molecule has 0 bridgehead atoms. The van der Waals surface area contributed by atoms with E-state index in [1.807, 2.05) is 0 Å². The Balaban J connectivity index is 1.86. The van der Waals surface area contributed by atoms with Gasteiger partial charge in [0, 0.05) is 0 Å². The van der Waals surface area contributed by atoms with E-state index in [2.05, 4.69) is 4.18 Å². The third kappa shape index (κ3) is 3.66. The van der Waals surface area contributed by atoms with Gasteiger partial charge in [-0.05, 0) is 27.7 Å². The van der Waals surface area contributed by atoms with E-state index in [4.69, 9.17) is 23.7 Å². The topological polar surface area (TPSA) is 89.5 Å². The predicted molar refractivity (Wildman–Crippen MR) is 73.4 cm³/mol. The lowest BCUT2D eigenvalue weighted by Crippen LogP contribution is -2.46. The number of rotatable bonds is 3. The first kappa shape index (κ1) is 19.3. The van der Waals surface area contributed by atoms with Gasteiger partial charge in [-0.3, -0.25) is 4.18 Å². The van der Waals surface area contributed by atoms with Crippen LogP contribution in [0, 0.1) is 0 Å². The first-order valence-electron chi connectivity index (χ1n) is 7.53. The van der Waals surface area contributed by atoms with Gasteiger partial charge in [-0.2, -0.15) is 21.6 Å². The van der Waals surface area contributed by atoms with Crippen LogP contribution >= 0.6 is 0 Å². The highest BCUT2D eigenvalue weighted by Crippen LogP contribution is 2.43. The Morgan fingerprint density at radius 1 is 1.00 bits per heavy atom. The lowest BCUT2D eigenvalue weighted by molar-refractivity contribution is -0.230. The Hall–Kier alpha value is -0.500. The third-order valence-electron chi connectivity index (χ3n) is 3.95. The molecule has 0 aromatic carbocycles. The van der Waals surface area contributed by atoms with Crippen LogP contribution in [0.5, 0.6) is 0 Å². The summed E-state index contributed by atoms with van der Waals surface area (Å²) in [5.41, 5.74) is -5.57. The van der Waals surface area contributed by atoms with Gasteiger partial charge in [0.05, 0.1) is 6.61 Å². The van der Waals surface area contributed by atoms with Crippen LogP contribution in [-0.4, -0.2) is 62.8 Å². The molecule has 3 fully saturated rings. The van der Waals surface area contributed by atoms with Gasteiger partial charge in [0.25, 0.3) is 0 Å². The Labute approximate surface area is 142 Å². The van der Waals surface area contributed by atoms with Crippen molar-refractivity contribution in [1.29, 1.82) is 0 Å². The summed E-state index contributed by atoms with van der Waals surface area (Å²) in [6.07, 6.45) is -5.86. The van der Waals surface area contributed by atoms with E-state index in [9.17, 15) is 21.6 Å². The van der Waals surface area contributed by atoms with Crippen molar-refractivity contribution in [2.24, 2.45) is 0 Å². The van der Waals surface area contributed by atoms with Crippen molar-refractivity contribution < 1.29 is 49.5 Å². The van der Waals surface area contributed by atoms with E-state index >= 15 is 0 Å². The van der Waals surface area contributed by atoms with Crippen molar-refractivity contribution in [1.82, 2.24) is 0 Å². The lowest BCUT2D eigenvalue weighted by Gasteiger charge is -2.28. The van der Waals surface area contributed by atoms with Crippen molar-refractivity contribution >= 4 is 10.1 Å². The third-order valence-corrected chi connectivity index (χ3v) is 4.99. The highest BCUT2D eigenvalue weighted by molar-refractivity contribution is 7.87. The molecule has 12 heteroatoms. The van der Waals surface area contributed by atoms with Gasteiger partial charge in [-0.25, -0.2) is 0 Å². The van der Waals surface area contributed by atoms with Gasteiger partial charge in [0.1, 0.15) is 24.4 Å². The van der Waals surface area contributed by atoms with Crippen LogP contribution < -0.4 is 0 Å². The molecule has 0 spiro atoms. The minimum Gasteiger partial charge on any atom is -0.348 e. The second-order valence-electron chi connectivity index (χ2n) is 6.90. The first-order valence-corrected chi connectivity index (χ1v) is 8.94. The molecule has 146 valence electrons. The highest BCUT2D eigenvalue weighted by atomic mass is 32.2. The summed E-state index contributed by atoms with van der Waals surface area (Å²) in [5.74, 6) is -2.14. The Kier molecular flexibility index (Phi) is 4.43. The fourth-order valence-electron chi connectivity index (χ4n) is 2.99. The van der Waals surface area contributed by atoms with Crippen LogP contribution in [0.2, 0.25) is 0 Å². The Morgan fingerprint density at radius 3 is 2.16 bits per heavy atom. The van der Waals surface area contributed by atoms with E-state index in [1.54, 1.807) is 13.8 Å². The molecule has 0 aromatic heterocycles. The molecule has 3 heterocycles. The summed E-state index contributed by atoms with van der Waals surface area (Å²) in [4.78, 5) is 0. The Morgan fingerprint density at radius 2 is 1.64 bits per heavy atom. The number of ether oxygens (including phenoxy) is 5. The van der Waals surface area contributed by atoms with Crippen LogP contribution in [0.15, 0.2) is 0 Å². The maximum absolute atomic E-state index is 12.7. The number of hydrogen-bond acceptors (Lipinski definition) is 8. The van der Waals surface area contributed by atoms with Crippen molar-refractivity contribution in [2.45, 2.75) is 75.5 Å². The van der Waals surface area contributed by atoms with Crippen LogP contribution in [0.1, 0.15) is 27.7 Å². The molecule has 0 amide bonds. The summed E-state index contributed by atoms with van der Waals surface area (Å²) < 4.78 is 93.0. The maximum atomic E-state index is 12.7. The van der Waals surface area contributed by atoms with Gasteiger partial charge in [0.2, 0.25) is 0 Å². The normalized spacial score (nSPS) is 40.4. The molecule has 3 rings (SSSR count). The summed E-state index contributed by atoms with van der Waals surface area (Å²) in [6, 6.07) is 0. The monoisotopic (exact) mass is 392 g/mol. The number of fused-ring (bicyclic) bond motifs is 1. The summed E-state index contributed by atoms with van der Waals surface area (Å²) in [6.45, 7) is 6.27. The van der Waals surface area contributed by atoms with E-state index in [0.717, 1.165) is 0 Å². The minimum absolute atomic E-state index is 0.00751. The smallest absolute Gasteiger partial charge is 0.348 e. The highest BCUT2D eigenvalue weighted by Gasteiger charge is 2.62. The Bertz CT molecular complexity index is 632.